The molecule has 2 rings (SSSR count). The van der Waals surface area contributed by atoms with Gasteiger partial charge in [0.2, 0.25) is 5.91 Å². The van der Waals surface area contributed by atoms with Crippen molar-refractivity contribution in [2.45, 2.75) is 40.2 Å². The Bertz CT molecular complexity index is 643. The molecule has 3 N–H and O–H groups in total. The number of aryl methyl sites for hydroxylation is 1. The summed E-state index contributed by atoms with van der Waals surface area (Å²) in [5, 5.41) is 4.54. The van der Waals surface area contributed by atoms with Crippen LogP contribution < -0.4 is 11.3 Å². The number of carbonyl (C=O) groups is 1. The number of rotatable bonds is 4. The van der Waals surface area contributed by atoms with Gasteiger partial charge in [0, 0.05) is 5.69 Å². The van der Waals surface area contributed by atoms with Crippen LogP contribution in [0.15, 0.2) is 24.3 Å². The Balaban J connectivity index is 2.16. The van der Waals surface area contributed by atoms with Crippen LogP contribution in [0, 0.1) is 20.8 Å². The first kappa shape index (κ1) is 15.3. The van der Waals surface area contributed by atoms with Crippen molar-refractivity contribution in [1.82, 2.24) is 15.2 Å². The standard InChI is InChI=1S/C16H22N4O/c1-10-12(3)19-20(13(10)4)9-14-5-7-15(8-6-14)11(2)16(21)18-17/h5-8,11H,9,17H2,1-4H3,(H,18,21). The van der Waals surface area contributed by atoms with Gasteiger partial charge < -0.3 is 0 Å². The van der Waals surface area contributed by atoms with Crippen LogP contribution in [0.2, 0.25) is 0 Å². The van der Waals surface area contributed by atoms with E-state index in [4.69, 9.17) is 5.84 Å². The van der Waals surface area contributed by atoms with Gasteiger partial charge in [0.15, 0.2) is 0 Å². The zero-order chi connectivity index (χ0) is 15.6. The molecule has 0 fully saturated rings. The highest BCUT2D eigenvalue weighted by molar-refractivity contribution is 5.82. The molecule has 112 valence electrons. The zero-order valence-corrected chi connectivity index (χ0v) is 13.0. The summed E-state index contributed by atoms with van der Waals surface area (Å²) in [6.45, 7) is 8.76. The van der Waals surface area contributed by atoms with Gasteiger partial charge in [0.1, 0.15) is 0 Å². The smallest absolute Gasteiger partial charge is 0.241 e. The summed E-state index contributed by atoms with van der Waals surface area (Å²) in [6, 6.07) is 7.99. The van der Waals surface area contributed by atoms with Gasteiger partial charge in [0.25, 0.3) is 0 Å². The quantitative estimate of drug-likeness (QED) is 0.512. The average Bonchev–Trinajstić information content (AvgIpc) is 2.74. The van der Waals surface area contributed by atoms with E-state index in [1.54, 1.807) is 0 Å². The van der Waals surface area contributed by atoms with E-state index in [9.17, 15) is 4.79 Å². The van der Waals surface area contributed by atoms with E-state index in [0.717, 1.165) is 23.4 Å². The largest absolute Gasteiger partial charge is 0.294 e. The molecule has 0 spiro atoms. The molecule has 0 aliphatic rings. The average molecular weight is 286 g/mol. The van der Waals surface area contributed by atoms with Gasteiger partial charge in [-0.1, -0.05) is 24.3 Å². The minimum Gasteiger partial charge on any atom is -0.294 e. The third kappa shape index (κ3) is 3.13. The maximum atomic E-state index is 11.5. The van der Waals surface area contributed by atoms with Crippen LogP contribution in [0.5, 0.6) is 0 Å². The lowest BCUT2D eigenvalue weighted by molar-refractivity contribution is -0.122. The highest BCUT2D eigenvalue weighted by Gasteiger charge is 2.14. The molecule has 0 bridgehead atoms. The highest BCUT2D eigenvalue weighted by Crippen LogP contribution is 2.17. The van der Waals surface area contributed by atoms with E-state index in [1.165, 1.54) is 11.3 Å². The monoisotopic (exact) mass is 286 g/mol. The van der Waals surface area contributed by atoms with Crippen LogP contribution in [0.3, 0.4) is 0 Å². The first-order chi connectivity index (χ1) is 9.93. The fourth-order valence-electron chi connectivity index (χ4n) is 2.30. The van der Waals surface area contributed by atoms with Crippen LogP contribution in [0.4, 0.5) is 0 Å². The summed E-state index contributed by atoms with van der Waals surface area (Å²) in [6.07, 6.45) is 0. The number of aromatic nitrogens is 2. The van der Waals surface area contributed by atoms with E-state index >= 15 is 0 Å². The lowest BCUT2D eigenvalue weighted by atomic mass is 9.99. The second-order valence-electron chi connectivity index (χ2n) is 5.43. The van der Waals surface area contributed by atoms with Crippen molar-refractivity contribution < 1.29 is 4.79 Å². The number of benzene rings is 1. The minimum absolute atomic E-state index is 0.183. The normalized spacial score (nSPS) is 12.2. The van der Waals surface area contributed by atoms with Crippen LogP contribution in [-0.4, -0.2) is 15.7 Å². The third-order valence-corrected chi connectivity index (χ3v) is 4.09. The molecule has 0 saturated heterocycles. The lowest BCUT2D eigenvalue weighted by Gasteiger charge is -2.11. The third-order valence-electron chi connectivity index (χ3n) is 4.09. The maximum absolute atomic E-state index is 11.5. The predicted molar refractivity (Wildman–Crippen MR) is 82.7 cm³/mol. The van der Waals surface area contributed by atoms with Gasteiger partial charge in [-0.3, -0.25) is 14.9 Å². The van der Waals surface area contributed by atoms with Crippen molar-refractivity contribution >= 4 is 5.91 Å². The van der Waals surface area contributed by atoms with Crippen LogP contribution >= 0.6 is 0 Å². The molecular formula is C16H22N4O. The first-order valence-electron chi connectivity index (χ1n) is 7.04. The van der Waals surface area contributed by atoms with Crippen LogP contribution in [0.1, 0.15) is 40.9 Å². The highest BCUT2D eigenvalue weighted by atomic mass is 16.2. The zero-order valence-electron chi connectivity index (χ0n) is 13.0. The Labute approximate surface area is 125 Å². The van der Waals surface area contributed by atoms with Gasteiger partial charge in [-0.25, -0.2) is 5.84 Å². The predicted octanol–water partition coefficient (Wildman–Crippen LogP) is 1.95. The van der Waals surface area contributed by atoms with Crippen molar-refractivity contribution in [3.63, 3.8) is 0 Å². The van der Waals surface area contributed by atoms with E-state index in [-0.39, 0.29) is 11.8 Å². The molecule has 1 aromatic heterocycles. The molecule has 5 nitrogen and oxygen atoms in total. The molecule has 1 unspecified atom stereocenters. The Kier molecular flexibility index (Phi) is 4.43. The van der Waals surface area contributed by atoms with Crippen molar-refractivity contribution in [2.75, 3.05) is 0 Å². The van der Waals surface area contributed by atoms with Crippen molar-refractivity contribution in [3.8, 4) is 0 Å². The number of hydrogen-bond donors (Lipinski definition) is 2. The SMILES string of the molecule is Cc1nn(Cc2ccc(C(C)C(=O)NN)cc2)c(C)c1C. The Morgan fingerprint density at radius 2 is 1.90 bits per heavy atom. The van der Waals surface area contributed by atoms with Crippen LogP contribution in [-0.2, 0) is 11.3 Å². The number of nitrogens with two attached hydrogens (primary N) is 1. The number of carbonyl (C=O) groups excluding carboxylic acids is 1. The molecule has 1 amide bonds. The molecule has 1 atom stereocenters. The van der Waals surface area contributed by atoms with E-state index in [2.05, 4.69) is 24.4 Å². The molecule has 0 aliphatic heterocycles. The topological polar surface area (TPSA) is 72.9 Å². The molecule has 2 aromatic rings. The first-order valence-corrected chi connectivity index (χ1v) is 7.04. The Morgan fingerprint density at radius 1 is 1.29 bits per heavy atom. The van der Waals surface area contributed by atoms with Gasteiger partial charge in [-0.15, -0.1) is 0 Å². The summed E-state index contributed by atoms with van der Waals surface area (Å²) in [5.74, 6) is 4.73. The van der Waals surface area contributed by atoms with Gasteiger partial charge in [-0.2, -0.15) is 5.10 Å². The van der Waals surface area contributed by atoms with Gasteiger partial charge in [-0.05, 0) is 44.4 Å². The van der Waals surface area contributed by atoms with Gasteiger partial charge >= 0.3 is 0 Å². The summed E-state index contributed by atoms with van der Waals surface area (Å²) in [5.41, 5.74) is 7.78. The number of nitrogens with zero attached hydrogens (tertiary/aromatic N) is 2. The van der Waals surface area contributed by atoms with E-state index in [1.807, 2.05) is 42.8 Å². The summed E-state index contributed by atoms with van der Waals surface area (Å²) < 4.78 is 2.01. The van der Waals surface area contributed by atoms with Crippen LogP contribution in [0.25, 0.3) is 0 Å². The maximum Gasteiger partial charge on any atom is 0.241 e. The fourth-order valence-corrected chi connectivity index (χ4v) is 2.30. The second-order valence-corrected chi connectivity index (χ2v) is 5.43. The number of amides is 1. The minimum atomic E-state index is -0.250. The van der Waals surface area contributed by atoms with Crippen molar-refractivity contribution in [3.05, 3.63) is 52.3 Å². The summed E-state index contributed by atoms with van der Waals surface area (Å²) >= 11 is 0. The van der Waals surface area contributed by atoms with E-state index < -0.39 is 0 Å². The molecule has 0 radical (unpaired) electrons. The van der Waals surface area contributed by atoms with E-state index in [0.29, 0.717) is 0 Å². The second kappa shape index (κ2) is 6.10. The lowest BCUT2D eigenvalue weighted by Crippen LogP contribution is -2.33. The molecule has 1 heterocycles. The molecule has 5 heteroatoms. The molecular weight excluding hydrogens is 264 g/mol. The molecule has 0 aliphatic carbocycles. The Morgan fingerprint density at radius 3 is 2.38 bits per heavy atom. The van der Waals surface area contributed by atoms with Gasteiger partial charge in [0.05, 0.1) is 18.2 Å². The molecule has 21 heavy (non-hydrogen) atoms. The summed E-state index contributed by atoms with van der Waals surface area (Å²) in [4.78, 5) is 11.5. The number of nitrogens with one attached hydrogen (secondary N) is 1. The Hall–Kier alpha value is -2.14. The molecule has 1 aromatic carbocycles. The fraction of sp³-hybridized carbons (Fsp3) is 0.375. The van der Waals surface area contributed by atoms with Crippen molar-refractivity contribution in [1.29, 1.82) is 0 Å². The molecule has 0 saturated carbocycles. The van der Waals surface area contributed by atoms with Crippen molar-refractivity contribution in [2.24, 2.45) is 5.84 Å². The number of hydrogen-bond acceptors (Lipinski definition) is 3. The summed E-state index contributed by atoms with van der Waals surface area (Å²) in [7, 11) is 0. The number of hydrazine groups is 1.